The molecule has 0 aromatic rings. The Bertz CT molecular complexity index is 142. The molecule has 0 aliphatic heterocycles. The van der Waals surface area contributed by atoms with E-state index in [0.29, 0.717) is 19.1 Å². The molecular weight excluding hydrogens is 152 g/mol. The normalized spacial score (nSPS) is 15.2. The highest BCUT2D eigenvalue weighted by molar-refractivity contribution is 4.79. The SMILES string of the molecule is CCOCC(C)NC(C)CC#N. The van der Waals surface area contributed by atoms with E-state index in [1.54, 1.807) is 0 Å². The maximum absolute atomic E-state index is 8.40. The fraction of sp³-hybridized carbons (Fsp3) is 0.889. The van der Waals surface area contributed by atoms with Gasteiger partial charge in [-0.25, -0.2) is 0 Å². The van der Waals surface area contributed by atoms with Crippen molar-refractivity contribution in [3.05, 3.63) is 0 Å². The summed E-state index contributed by atoms with van der Waals surface area (Å²) in [6.45, 7) is 7.51. The summed E-state index contributed by atoms with van der Waals surface area (Å²) in [6.07, 6.45) is 0.552. The maximum atomic E-state index is 8.40. The van der Waals surface area contributed by atoms with Gasteiger partial charge in [0.05, 0.1) is 19.1 Å². The molecule has 70 valence electrons. The summed E-state index contributed by atoms with van der Waals surface area (Å²) in [7, 11) is 0. The summed E-state index contributed by atoms with van der Waals surface area (Å²) in [5.74, 6) is 0. The minimum Gasteiger partial charge on any atom is -0.380 e. The predicted octanol–water partition coefficient (Wildman–Crippen LogP) is 1.30. The van der Waals surface area contributed by atoms with Gasteiger partial charge in [0.1, 0.15) is 0 Å². The number of hydrogen-bond acceptors (Lipinski definition) is 3. The maximum Gasteiger partial charge on any atom is 0.0638 e. The summed E-state index contributed by atoms with van der Waals surface area (Å²) in [4.78, 5) is 0. The largest absolute Gasteiger partial charge is 0.380 e. The van der Waals surface area contributed by atoms with Gasteiger partial charge in [-0.15, -0.1) is 0 Å². The molecule has 0 spiro atoms. The second kappa shape index (κ2) is 7.08. The molecule has 0 aliphatic carbocycles. The molecule has 1 N–H and O–H groups in total. The van der Waals surface area contributed by atoms with Gasteiger partial charge in [-0.1, -0.05) is 0 Å². The third kappa shape index (κ3) is 6.14. The summed E-state index contributed by atoms with van der Waals surface area (Å²) < 4.78 is 5.23. The van der Waals surface area contributed by atoms with Crippen LogP contribution < -0.4 is 5.32 Å². The average Bonchev–Trinajstić information content (AvgIpc) is 2.01. The Morgan fingerprint density at radius 1 is 1.42 bits per heavy atom. The van der Waals surface area contributed by atoms with Gasteiger partial charge in [0.25, 0.3) is 0 Å². The summed E-state index contributed by atoms with van der Waals surface area (Å²) >= 11 is 0. The number of nitriles is 1. The Morgan fingerprint density at radius 2 is 2.08 bits per heavy atom. The van der Waals surface area contributed by atoms with E-state index in [9.17, 15) is 0 Å². The van der Waals surface area contributed by atoms with Gasteiger partial charge in [-0.3, -0.25) is 0 Å². The van der Waals surface area contributed by atoms with Crippen molar-refractivity contribution in [2.75, 3.05) is 13.2 Å². The molecule has 0 heterocycles. The van der Waals surface area contributed by atoms with Gasteiger partial charge >= 0.3 is 0 Å². The Labute approximate surface area is 74.7 Å². The van der Waals surface area contributed by atoms with Gasteiger partial charge in [0.2, 0.25) is 0 Å². The summed E-state index contributed by atoms with van der Waals surface area (Å²) in [5.41, 5.74) is 0. The van der Waals surface area contributed by atoms with E-state index in [1.165, 1.54) is 0 Å². The smallest absolute Gasteiger partial charge is 0.0638 e. The second-order valence-corrected chi connectivity index (χ2v) is 2.99. The molecule has 0 aromatic heterocycles. The highest BCUT2D eigenvalue weighted by Crippen LogP contribution is 1.92. The summed E-state index contributed by atoms with van der Waals surface area (Å²) in [5, 5.41) is 11.7. The molecule has 3 nitrogen and oxygen atoms in total. The molecule has 2 atom stereocenters. The zero-order chi connectivity index (χ0) is 9.40. The monoisotopic (exact) mass is 170 g/mol. The first kappa shape index (κ1) is 11.4. The highest BCUT2D eigenvalue weighted by Gasteiger charge is 2.05. The lowest BCUT2D eigenvalue weighted by Gasteiger charge is -2.17. The molecule has 2 unspecified atom stereocenters. The van der Waals surface area contributed by atoms with Gasteiger partial charge in [-0.05, 0) is 20.8 Å². The molecule has 0 fully saturated rings. The van der Waals surface area contributed by atoms with Crippen molar-refractivity contribution >= 4 is 0 Å². The van der Waals surface area contributed by atoms with Crippen LogP contribution in [0.25, 0.3) is 0 Å². The molecule has 3 heteroatoms. The van der Waals surface area contributed by atoms with Crippen LogP contribution in [0.5, 0.6) is 0 Å². The van der Waals surface area contributed by atoms with Gasteiger partial charge in [0, 0.05) is 18.7 Å². The number of hydrogen-bond donors (Lipinski definition) is 1. The van der Waals surface area contributed by atoms with Crippen molar-refractivity contribution in [2.24, 2.45) is 0 Å². The molecule has 0 rings (SSSR count). The summed E-state index contributed by atoms with van der Waals surface area (Å²) in [6, 6.07) is 2.71. The van der Waals surface area contributed by atoms with Crippen LogP contribution in [0.4, 0.5) is 0 Å². The van der Waals surface area contributed by atoms with Crippen molar-refractivity contribution < 1.29 is 4.74 Å². The van der Waals surface area contributed by atoms with E-state index < -0.39 is 0 Å². The van der Waals surface area contributed by atoms with Gasteiger partial charge in [0.15, 0.2) is 0 Å². The number of nitrogens with zero attached hydrogens (tertiary/aromatic N) is 1. The fourth-order valence-electron chi connectivity index (χ4n) is 1.02. The van der Waals surface area contributed by atoms with Crippen molar-refractivity contribution in [1.82, 2.24) is 5.32 Å². The van der Waals surface area contributed by atoms with Crippen LogP contribution in [0.1, 0.15) is 27.2 Å². The molecule has 0 aromatic carbocycles. The second-order valence-electron chi connectivity index (χ2n) is 2.99. The molecule has 0 radical (unpaired) electrons. The van der Waals surface area contributed by atoms with Gasteiger partial charge < -0.3 is 10.1 Å². The first-order valence-electron chi connectivity index (χ1n) is 4.41. The average molecular weight is 170 g/mol. The number of ether oxygens (including phenoxy) is 1. The topological polar surface area (TPSA) is 45.0 Å². The van der Waals surface area contributed by atoms with Crippen LogP contribution in [0.2, 0.25) is 0 Å². The first-order chi connectivity index (χ1) is 5.70. The van der Waals surface area contributed by atoms with E-state index in [-0.39, 0.29) is 6.04 Å². The van der Waals surface area contributed by atoms with Crippen molar-refractivity contribution in [2.45, 2.75) is 39.3 Å². The van der Waals surface area contributed by atoms with Crippen LogP contribution in [0, 0.1) is 11.3 Å². The minimum absolute atomic E-state index is 0.255. The molecular formula is C9H18N2O. The predicted molar refractivity (Wildman–Crippen MR) is 48.8 cm³/mol. The van der Waals surface area contributed by atoms with E-state index in [4.69, 9.17) is 10.00 Å². The standard InChI is InChI=1S/C9H18N2O/c1-4-12-7-9(3)11-8(2)5-6-10/h8-9,11H,4-5,7H2,1-3H3. The van der Waals surface area contributed by atoms with Crippen molar-refractivity contribution in [3.8, 4) is 6.07 Å². The lowest BCUT2D eigenvalue weighted by atomic mass is 10.2. The van der Waals surface area contributed by atoms with Gasteiger partial charge in [-0.2, -0.15) is 5.26 Å². The lowest BCUT2D eigenvalue weighted by molar-refractivity contribution is 0.124. The first-order valence-corrected chi connectivity index (χ1v) is 4.41. The molecule has 0 bridgehead atoms. The van der Waals surface area contributed by atoms with E-state index in [0.717, 1.165) is 6.61 Å². The quantitative estimate of drug-likeness (QED) is 0.653. The van der Waals surface area contributed by atoms with Crippen LogP contribution in [-0.2, 0) is 4.74 Å². The highest BCUT2D eigenvalue weighted by atomic mass is 16.5. The zero-order valence-corrected chi connectivity index (χ0v) is 8.13. The molecule has 0 saturated heterocycles. The molecule has 0 aliphatic rings. The van der Waals surface area contributed by atoms with E-state index >= 15 is 0 Å². The van der Waals surface area contributed by atoms with Crippen LogP contribution >= 0.6 is 0 Å². The molecule has 12 heavy (non-hydrogen) atoms. The van der Waals surface area contributed by atoms with E-state index in [2.05, 4.69) is 18.3 Å². The van der Waals surface area contributed by atoms with Crippen molar-refractivity contribution in [3.63, 3.8) is 0 Å². The van der Waals surface area contributed by atoms with Crippen LogP contribution in [0.15, 0.2) is 0 Å². The number of nitrogens with one attached hydrogen (secondary N) is 1. The Kier molecular flexibility index (Phi) is 6.73. The number of rotatable bonds is 6. The Morgan fingerprint density at radius 3 is 2.58 bits per heavy atom. The molecule has 0 amide bonds. The third-order valence-electron chi connectivity index (χ3n) is 1.54. The zero-order valence-electron chi connectivity index (χ0n) is 8.13. The Hall–Kier alpha value is -0.590. The van der Waals surface area contributed by atoms with Crippen LogP contribution in [-0.4, -0.2) is 25.3 Å². The lowest BCUT2D eigenvalue weighted by Crippen LogP contribution is -2.37. The third-order valence-corrected chi connectivity index (χ3v) is 1.54. The van der Waals surface area contributed by atoms with Crippen LogP contribution in [0.3, 0.4) is 0 Å². The van der Waals surface area contributed by atoms with Crippen molar-refractivity contribution in [1.29, 1.82) is 5.26 Å². The minimum atomic E-state index is 0.255. The Balaban J connectivity index is 3.41. The molecule has 0 saturated carbocycles. The fourth-order valence-corrected chi connectivity index (χ4v) is 1.02. The van der Waals surface area contributed by atoms with E-state index in [1.807, 2.05) is 13.8 Å².